The molecule has 2 rings (SSSR count). The monoisotopic (exact) mass is 149 g/mol. The summed E-state index contributed by atoms with van der Waals surface area (Å²) in [6, 6.07) is 4.97. The van der Waals surface area contributed by atoms with Crippen LogP contribution in [0.15, 0.2) is 18.2 Å². The van der Waals surface area contributed by atoms with Gasteiger partial charge in [0.1, 0.15) is 0 Å². The summed E-state index contributed by atoms with van der Waals surface area (Å²) in [6.45, 7) is 0.240. The lowest BCUT2D eigenvalue weighted by molar-refractivity contribution is 0.174. The van der Waals surface area contributed by atoms with Crippen LogP contribution in [0.3, 0.4) is 0 Å². The number of ether oxygens (including phenoxy) is 2. The quantitative estimate of drug-likeness (QED) is 0.529. The fourth-order valence-corrected chi connectivity index (χ4v) is 0.947. The zero-order chi connectivity index (χ0) is 7.68. The molecule has 0 fully saturated rings. The largest absolute Gasteiger partial charge is 0.454 e. The van der Waals surface area contributed by atoms with Gasteiger partial charge in [0.15, 0.2) is 16.5 Å². The van der Waals surface area contributed by atoms with Crippen molar-refractivity contribution in [3.8, 4) is 11.5 Å². The first kappa shape index (κ1) is 5.98. The third kappa shape index (κ3) is 0.867. The summed E-state index contributed by atoms with van der Waals surface area (Å²) in [7, 11) is 0. The Kier molecular flexibility index (Phi) is 1.16. The Morgan fingerprint density at radius 3 is 2.91 bits per heavy atom. The van der Waals surface area contributed by atoms with E-state index in [9.17, 15) is 0 Å². The summed E-state index contributed by atoms with van der Waals surface area (Å²) in [6.07, 6.45) is 0. The molecule has 1 aromatic carbocycles. The molecule has 1 aromatic rings. The summed E-state index contributed by atoms with van der Waals surface area (Å²) < 4.78 is 10.1. The van der Waals surface area contributed by atoms with Crippen molar-refractivity contribution in [1.29, 1.82) is 5.39 Å². The first-order chi connectivity index (χ1) is 5.40. The third-order valence-electron chi connectivity index (χ3n) is 1.47. The van der Waals surface area contributed by atoms with Crippen molar-refractivity contribution in [3.63, 3.8) is 0 Å². The van der Waals surface area contributed by atoms with E-state index in [1.165, 1.54) is 0 Å². The molecule has 4 heteroatoms. The van der Waals surface area contributed by atoms with Gasteiger partial charge >= 0.3 is 5.69 Å². The van der Waals surface area contributed by atoms with Crippen LogP contribution in [0.1, 0.15) is 0 Å². The number of rotatable bonds is 0. The Labute approximate surface area is 63.0 Å². The summed E-state index contributed by atoms with van der Waals surface area (Å²) in [5.74, 6) is 1.32. The van der Waals surface area contributed by atoms with Crippen LogP contribution in [-0.2, 0) is 0 Å². The highest BCUT2D eigenvalue weighted by molar-refractivity contribution is 5.55. The zero-order valence-corrected chi connectivity index (χ0v) is 5.65. The minimum atomic E-state index is 0.240. The summed E-state index contributed by atoms with van der Waals surface area (Å²) in [4.78, 5) is 3.01. The van der Waals surface area contributed by atoms with Gasteiger partial charge in [-0.15, -0.1) is 0 Å². The molecule has 11 heavy (non-hydrogen) atoms. The van der Waals surface area contributed by atoms with E-state index >= 15 is 0 Å². The number of nitrogens with zero attached hydrogens (tertiary/aromatic N) is 2. The number of benzene rings is 1. The maximum Gasteiger partial charge on any atom is 0.389 e. The lowest BCUT2D eigenvalue weighted by Gasteiger charge is -1.88. The van der Waals surface area contributed by atoms with Crippen molar-refractivity contribution < 1.29 is 9.47 Å². The topological polar surface area (TPSA) is 46.6 Å². The van der Waals surface area contributed by atoms with Crippen molar-refractivity contribution in [1.82, 2.24) is 0 Å². The van der Waals surface area contributed by atoms with E-state index in [-0.39, 0.29) is 6.79 Å². The van der Waals surface area contributed by atoms with Crippen LogP contribution >= 0.6 is 0 Å². The smallest absolute Gasteiger partial charge is 0.389 e. The van der Waals surface area contributed by atoms with Gasteiger partial charge in [-0.3, -0.25) is 0 Å². The number of diazo groups is 1. The average molecular weight is 149 g/mol. The van der Waals surface area contributed by atoms with E-state index in [1.54, 1.807) is 18.2 Å². The average Bonchev–Trinajstić information content (AvgIpc) is 2.50. The highest BCUT2D eigenvalue weighted by Crippen LogP contribution is 2.34. The van der Waals surface area contributed by atoms with Crippen molar-refractivity contribution in [2.45, 2.75) is 0 Å². The molecular formula is C7H5N2O2+. The van der Waals surface area contributed by atoms with Gasteiger partial charge in [0.2, 0.25) is 12.2 Å². The second-order valence-corrected chi connectivity index (χ2v) is 2.14. The SMILES string of the molecule is N#[N+]c1ccc2c(c1)OCO2. The van der Waals surface area contributed by atoms with E-state index in [0.717, 1.165) is 0 Å². The fourth-order valence-electron chi connectivity index (χ4n) is 0.947. The van der Waals surface area contributed by atoms with Gasteiger partial charge in [0.05, 0.1) is 6.07 Å². The third-order valence-corrected chi connectivity index (χ3v) is 1.47. The highest BCUT2D eigenvalue weighted by atomic mass is 16.7. The fraction of sp³-hybridized carbons (Fsp3) is 0.143. The first-order valence-corrected chi connectivity index (χ1v) is 3.15. The van der Waals surface area contributed by atoms with E-state index in [2.05, 4.69) is 4.98 Å². The molecule has 0 aliphatic carbocycles. The predicted molar refractivity (Wildman–Crippen MR) is 37.3 cm³/mol. The minimum absolute atomic E-state index is 0.240. The van der Waals surface area contributed by atoms with Crippen LogP contribution in [0.4, 0.5) is 5.69 Å². The van der Waals surface area contributed by atoms with Gasteiger partial charge in [0, 0.05) is 6.07 Å². The van der Waals surface area contributed by atoms with Gasteiger partial charge in [-0.25, -0.2) is 0 Å². The summed E-state index contributed by atoms with van der Waals surface area (Å²) >= 11 is 0. The molecular weight excluding hydrogens is 144 g/mol. The summed E-state index contributed by atoms with van der Waals surface area (Å²) in [5.41, 5.74) is 0.467. The number of hydrogen-bond donors (Lipinski definition) is 0. The van der Waals surface area contributed by atoms with Crippen molar-refractivity contribution in [2.75, 3.05) is 6.79 Å². The second kappa shape index (κ2) is 2.13. The van der Waals surface area contributed by atoms with Crippen LogP contribution in [-0.4, -0.2) is 6.79 Å². The van der Waals surface area contributed by atoms with E-state index in [1.807, 2.05) is 0 Å². The maximum atomic E-state index is 8.40. The van der Waals surface area contributed by atoms with Gasteiger partial charge in [-0.1, -0.05) is 0 Å². The molecule has 1 heterocycles. The van der Waals surface area contributed by atoms with Gasteiger partial charge in [0.25, 0.3) is 0 Å². The molecule has 0 atom stereocenters. The van der Waals surface area contributed by atoms with Crippen molar-refractivity contribution in [3.05, 3.63) is 23.2 Å². The highest BCUT2D eigenvalue weighted by Gasteiger charge is 2.17. The van der Waals surface area contributed by atoms with Crippen LogP contribution in [0.25, 0.3) is 4.98 Å². The van der Waals surface area contributed by atoms with Gasteiger partial charge < -0.3 is 9.47 Å². The molecule has 0 amide bonds. The number of fused-ring (bicyclic) bond motifs is 1. The minimum Gasteiger partial charge on any atom is -0.454 e. The molecule has 0 unspecified atom stereocenters. The van der Waals surface area contributed by atoms with Crippen LogP contribution in [0.2, 0.25) is 0 Å². The van der Waals surface area contributed by atoms with Crippen molar-refractivity contribution in [2.24, 2.45) is 0 Å². The molecule has 0 radical (unpaired) electrons. The van der Waals surface area contributed by atoms with Gasteiger partial charge in [-0.05, 0) is 6.07 Å². The molecule has 1 aliphatic rings. The lowest BCUT2D eigenvalue weighted by atomic mass is 10.3. The Morgan fingerprint density at radius 1 is 1.27 bits per heavy atom. The second-order valence-electron chi connectivity index (χ2n) is 2.14. The standard InChI is InChI=1S/C7H5N2O2/c8-9-5-1-2-6-7(3-5)11-4-10-6/h1-3H,4H2/q+1. The molecule has 54 valence electrons. The molecule has 0 bridgehead atoms. The Bertz CT molecular complexity index is 330. The summed E-state index contributed by atoms with van der Waals surface area (Å²) in [5, 5.41) is 8.40. The molecule has 0 N–H and O–H groups in total. The molecule has 4 nitrogen and oxygen atoms in total. The normalized spacial score (nSPS) is 12.6. The zero-order valence-electron chi connectivity index (χ0n) is 5.65. The van der Waals surface area contributed by atoms with Crippen molar-refractivity contribution >= 4 is 5.69 Å². The maximum absolute atomic E-state index is 8.40. The predicted octanol–water partition coefficient (Wildman–Crippen LogP) is 1.90. The molecule has 0 saturated carbocycles. The van der Waals surface area contributed by atoms with Crippen LogP contribution < -0.4 is 9.47 Å². The van der Waals surface area contributed by atoms with Crippen LogP contribution in [0.5, 0.6) is 11.5 Å². The van der Waals surface area contributed by atoms with E-state index in [4.69, 9.17) is 14.9 Å². The van der Waals surface area contributed by atoms with Crippen LogP contribution in [0, 0.1) is 5.39 Å². The Hall–Kier alpha value is -1.76. The number of hydrogen-bond acceptors (Lipinski definition) is 3. The molecule has 0 saturated heterocycles. The Balaban J connectivity index is 2.51. The molecule has 1 aliphatic heterocycles. The first-order valence-electron chi connectivity index (χ1n) is 3.15. The van der Waals surface area contributed by atoms with Gasteiger partial charge in [-0.2, -0.15) is 0 Å². The molecule has 0 aromatic heterocycles. The Morgan fingerprint density at radius 2 is 2.09 bits per heavy atom. The van der Waals surface area contributed by atoms with E-state index in [0.29, 0.717) is 17.2 Å². The van der Waals surface area contributed by atoms with E-state index < -0.39 is 0 Å². The molecule has 0 spiro atoms. The lowest BCUT2D eigenvalue weighted by Crippen LogP contribution is -1.92.